The van der Waals surface area contributed by atoms with Gasteiger partial charge in [-0.1, -0.05) is 24.3 Å². The molecule has 1 aliphatic rings. The molecule has 2 aromatic rings. The Labute approximate surface area is 176 Å². The van der Waals surface area contributed by atoms with E-state index in [9.17, 15) is 14.0 Å². The lowest BCUT2D eigenvalue weighted by Crippen LogP contribution is -2.51. The van der Waals surface area contributed by atoms with Gasteiger partial charge in [0, 0.05) is 50.9 Å². The Bertz CT molecular complexity index is 910. The first kappa shape index (κ1) is 21.8. The lowest BCUT2D eigenvalue weighted by molar-refractivity contribution is -0.132. The fourth-order valence-corrected chi connectivity index (χ4v) is 3.53. The molecule has 160 valence electrons. The maximum Gasteiger partial charge on any atom is 0.254 e. The summed E-state index contributed by atoms with van der Waals surface area (Å²) in [7, 11) is 3.27. The molecule has 0 aromatic heterocycles. The molecule has 30 heavy (non-hydrogen) atoms. The van der Waals surface area contributed by atoms with Crippen molar-refractivity contribution in [3.05, 3.63) is 65.0 Å². The average Bonchev–Trinajstić information content (AvgIpc) is 2.75. The molecule has 0 N–H and O–H groups in total. The van der Waals surface area contributed by atoms with Crippen LogP contribution >= 0.6 is 0 Å². The normalized spacial score (nSPS) is 14.5. The molecule has 0 unspecified atom stereocenters. The fourth-order valence-electron chi connectivity index (χ4n) is 3.53. The highest BCUT2D eigenvalue weighted by Crippen LogP contribution is 2.20. The number of methoxy groups -OCH3 is 1. The first-order chi connectivity index (χ1) is 14.4. The Morgan fingerprint density at radius 1 is 1.10 bits per heavy atom. The molecule has 1 fully saturated rings. The number of amides is 2. The van der Waals surface area contributed by atoms with Crippen LogP contribution in [0.25, 0.3) is 0 Å². The summed E-state index contributed by atoms with van der Waals surface area (Å²) in [6.45, 7) is 4.78. The van der Waals surface area contributed by atoms with E-state index in [-0.39, 0.29) is 30.7 Å². The third kappa shape index (κ3) is 5.16. The second kappa shape index (κ2) is 9.71. The fraction of sp³-hybridized carbons (Fsp3) is 0.391. The lowest BCUT2D eigenvalue weighted by Gasteiger charge is -2.35. The highest BCUT2D eigenvalue weighted by molar-refractivity contribution is 5.94. The van der Waals surface area contributed by atoms with E-state index in [0.29, 0.717) is 43.1 Å². The second-order valence-corrected chi connectivity index (χ2v) is 7.59. The van der Waals surface area contributed by atoms with Crippen molar-refractivity contribution in [2.24, 2.45) is 0 Å². The Balaban J connectivity index is 1.51. The molecular weight excluding hydrogens is 385 g/mol. The SMILES string of the molecule is COc1cc(C(=O)N2CCN(CC(=O)N(C)Cc3ccccc3F)CC2)ccc1C. The van der Waals surface area contributed by atoms with Gasteiger partial charge in [-0.2, -0.15) is 0 Å². The van der Waals surface area contributed by atoms with Crippen LogP contribution in [0.4, 0.5) is 4.39 Å². The number of rotatable bonds is 6. The quantitative estimate of drug-likeness (QED) is 0.731. The molecule has 3 rings (SSSR count). The predicted molar refractivity (Wildman–Crippen MR) is 113 cm³/mol. The lowest BCUT2D eigenvalue weighted by atomic mass is 10.1. The number of nitrogens with zero attached hydrogens (tertiary/aromatic N) is 3. The van der Waals surface area contributed by atoms with Gasteiger partial charge in [0.25, 0.3) is 5.91 Å². The molecular formula is C23H28FN3O3. The highest BCUT2D eigenvalue weighted by Gasteiger charge is 2.24. The minimum Gasteiger partial charge on any atom is -0.496 e. The molecule has 1 aliphatic heterocycles. The van der Waals surface area contributed by atoms with Crippen LogP contribution < -0.4 is 4.74 Å². The summed E-state index contributed by atoms with van der Waals surface area (Å²) in [5.74, 6) is 0.289. The van der Waals surface area contributed by atoms with E-state index in [4.69, 9.17) is 4.74 Å². The molecule has 0 saturated carbocycles. The van der Waals surface area contributed by atoms with Crippen LogP contribution in [0.1, 0.15) is 21.5 Å². The second-order valence-electron chi connectivity index (χ2n) is 7.59. The number of hydrogen-bond acceptors (Lipinski definition) is 4. The zero-order valence-corrected chi connectivity index (χ0v) is 17.7. The van der Waals surface area contributed by atoms with E-state index < -0.39 is 0 Å². The monoisotopic (exact) mass is 413 g/mol. The van der Waals surface area contributed by atoms with Crippen LogP contribution in [-0.2, 0) is 11.3 Å². The van der Waals surface area contributed by atoms with E-state index in [0.717, 1.165) is 5.56 Å². The summed E-state index contributed by atoms with van der Waals surface area (Å²) >= 11 is 0. The minimum atomic E-state index is -0.308. The highest BCUT2D eigenvalue weighted by atomic mass is 19.1. The van der Waals surface area contributed by atoms with Crippen LogP contribution in [0.5, 0.6) is 5.75 Å². The molecule has 6 nitrogen and oxygen atoms in total. The third-order valence-electron chi connectivity index (χ3n) is 5.46. The summed E-state index contributed by atoms with van der Waals surface area (Å²) in [4.78, 5) is 30.7. The number of aryl methyl sites for hydroxylation is 1. The summed E-state index contributed by atoms with van der Waals surface area (Å²) in [6, 6.07) is 11.9. The van der Waals surface area contributed by atoms with Crippen LogP contribution in [-0.4, -0.2) is 73.4 Å². The Morgan fingerprint density at radius 3 is 2.47 bits per heavy atom. The van der Waals surface area contributed by atoms with Gasteiger partial charge in [0.15, 0.2) is 0 Å². The van der Waals surface area contributed by atoms with Gasteiger partial charge in [0.2, 0.25) is 5.91 Å². The van der Waals surface area contributed by atoms with Gasteiger partial charge < -0.3 is 14.5 Å². The number of hydrogen-bond donors (Lipinski definition) is 0. The van der Waals surface area contributed by atoms with Gasteiger partial charge in [-0.25, -0.2) is 4.39 Å². The molecule has 7 heteroatoms. The molecule has 1 heterocycles. The van der Waals surface area contributed by atoms with E-state index in [1.165, 1.54) is 11.0 Å². The Kier molecular flexibility index (Phi) is 7.05. The average molecular weight is 413 g/mol. The van der Waals surface area contributed by atoms with Crippen LogP contribution in [0.2, 0.25) is 0 Å². The molecule has 2 aromatic carbocycles. The number of halogens is 1. The first-order valence-corrected chi connectivity index (χ1v) is 10.0. The van der Waals surface area contributed by atoms with Crippen molar-refractivity contribution < 1.29 is 18.7 Å². The zero-order valence-electron chi connectivity index (χ0n) is 17.7. The zero-order chi connectivity index (χ0) is 21.7. The predicted octanol–water partition coefficient (Wildman–Crippen LogP) is 2.56. The van der Waals surface area contributed by atoms with E-state index in [1.54, 1.807) is 43.3 Å². The maximum atomic E-state index is 13.8. The van der Waals surface area contributed by atoms with Crippen LogP contribution in [0, 0.1) is 12.7 Å². The summed E-state index contributed by atoms with van der Waals surface area (Å²) in [6.07, 6.45) is 0. The van der Waals surface area contributed by atoms with Crippen molar-refractivity contribution in [1.29, 1.82) is 0 Å². The number of carbonyl (C=O) groups excluding carboxylic acids is 2. The molecule has 0 bridgehead atoms. The number of benzene rings is 2. The molecule has 0 spiro atoms. The molecule has 2 amide bonds. The molecule has 0 radical (unpaired) electrons. The summed E-state index contributed by atoms with van der Waals surface area (Å²) in [5, 5.41) is 0. The Hall–Kier alpha value is -2.93. The van der Waals surface area contributed by atoms with Crippen LogP contribution in [0.3, 0.4) is 0 Å². The van der Waals surface area contributed by atoms with Crippen molar-refractivity contribution in [2.75, 3.05) is 46.9 Å². The standard InChI is InChI=1S/C23H28FN3O3/c1-17-8-9-18(14-21(17)30-3)23(29)27-12-10-26(11-13-27)16-22(28)25(2)15-19-6-4-5-7-20(19)24/h4-9,14H,10-13,15-16H2,1-3H3. The smallest absolute Gasteiger partial charge is 0.254 e. The molecule has 1 saturated heterocycles. The van der Waals surface area contributed by atoms with Gasteiger partial charge in [0.05, 0.1) is 13.7 Å². The van der Waals surface area contributed by atoms with Crippen molar-refractivity contribution in [3.8, 4) is 5.75 Å². The molecule has 0 aliphatic carbocycles. The van der Waals surface area contributed by atoms with Gasteiger partial charge >= 0.3 is 0 Å². The van der Waals surface area contributed by atoms with Gasteiger partial charge in [-0.3, -0.25) is 14.5 Å². The first-order valence-electron chi connectivity index (χ1n) is 10.0. The number of carbonyl (C=O) groups is 2. The summed E-state index contributed by atoms with van der Waals surface area (Å²) < 4.78 is 19.1. The van der Waals surface area contributed by atoms with E-state index >= 15 is 0 Å². The van der Waals surface area contributed by atoms with E-state index in [1.807, 2.05) is 24.0 Å². The van der Waals surface area contributed by atoms with Crippen molar-refractivity contribution >= 4 is 11.8 Å². The van der Waals surface area contributed by atoms with Gasteiger partial charge in [-0.05, 0) is 30.7 Å². The largest absolute Gasteiger partial charge is 0.496 e. The third-order valence-corrected chi connectivity index (χ3v) is 5.46. The number of piperazine rings is 1. The van der Waals surface area contributed by atoms with Crippen molar-refractivity contribution in [2.45, 2.75) is 13.5 Å². The number of likely N-dealkylation sites (N-methyl/N-ethyl adjacent to an activating group) is 1. The van der Waals surface area contributed by atoms with Crippen molar-refractivity contribution in [3.63, 3.8) is 0 Å². The minimum absolute atomic E-state index is 0.0315. The number of ether oxygens (including phenoxy) is 1. The van der Waals surface area contributed by atoms with Crippen molar-refractivity contribution in [1.82, 2.24) is 14.7 Å². The summed E-state index contributed by atoms with van der Waals surface area (Å²) in [5.41, 5.74) is 2.08. The van der Waals surface area contributed by atoms with Gasteiger partial charge in [0.1, 0.15) is 11.6 Å². The Morgan fingerprint density at radius 2 is 1.80 bits per heavy atom. The van der Waals surface area contributed by atoms with Gasteiger partial charge in [-0.15, -0.1) is 0 Å². The topological polar surface area (TPSA) is 53.1 Å². The van der Waals surface area contributed by atoms with E-state index in [2.05, 4.69) is 0 Å². The van der Waals surface area contributed by atoms with Crippen LogP contribution in [0.15, 0.2) is 42.5 Å². The molecule has 0 atom stereocenters. The maximum absolute atomic E-state index is 13.8.